The van der Waals surface area contributed by atoms with Crippen molar-refractivity contribution in [2.75, 3.05) is 19.6 Å². The van der Waals surface area contributed by atoms with Crippen LogP contribution in [0.3, 0.4) is 0 Å². The third kappa shape index (κ3) is 4.19. The van der Waals surface area contributed by atoms with Crippen LogP contribution < -0.4 is 11.1 Å². The standard InChI is InChI=1S/C16H29N3O2/c1-2-6-14(20)18-11-13-7-5-10-19(12-13)15(21)16(17)8-3-4-9-16/h13H,2-12,17H2,1H3,(H,18,20). The largest absolute Gasteiger partial charge is 0.356 e. The van der Waals surface area contributed by atoms with Gasteiger partial charge in [-0.1, -0.05) is 19.8 Å². The van der Waals surface area contributed by atoms with Crippen molar-refractivity contribution in [1.29, 1.82) is 0 Å². The molecule has 21 heavy (non-hydrogen) atoms. The Kier molecular flexibility index (Phi) is 5.62. The zero-order valence-electron chi connectivity index (χ0n) is 13.2. The fourth-order valence-electron chi connectivity index (χ4n) is 3.52. The summed E-state index contributed by atoms with van der Waals surface area (Å²) in [5.74, 6) is 0.616. The first kappa shape index (κ1) is 16.3. The molecule has 5 heteroatoms. The first-order valence-corrected chi connectivity index (χ1v) is 8.40. The maximum absolute atomic E-state index is 12.6. The molecule has 2 rings (SSSR count). The highest BCUT2D eigenvalue weighted by Crippen LogP contribution is 2.30. The van der Waals surface area contributed by atoms with Crippen LogP contribution in [-0.2, 0) is 9.59 Å². The van der Waals surface area contributed by atoms with Crippen LogP contribution in [-0.4, -0.2) is 41.9 Å². The van der Waals surface area contributed by atoms with Crippen LogP contribution in [0.2, 0.25) is 0 Å². The zero-order chi connectivity index (χ0) is 15.3. The summed E-state index contributed by atoms with van der Waals surface area (Å²) < 4.78 is 0. The highest BCUT2D eigenvalue weighted by molar-refractivity contribution is 5.86. The minimum absolute atomic E-state index is 0.118. The first-order valence-electron chi connectivity index (χ1n) is 8.40. The minimum atomic E-state index is -0.618. The van der Waals surface area contributed by atoms with Gasteiger partial charge in [0.2, 0.25) is 11.8 Å². The number of nitrogens with zero attached hydrogens (tertiary/aromatic N) is 1. The number of carbonyl (C=O) groups excluding carboxylic acids is 2. The molecule has 0 aromatic heterocycles. The van der Waals surface area contributed by atoms with Gasteiger partial charge in [0.25, 0.3) is 0 Å². The monoisotopic (exact) mass is 295 g/mol. The summed E-state index contributed by atoms with van der Waals surface area (Å²) in [5.41, 5.74) is 5.66. The molecule has 0 aromatic carbocycles. The van der Waals surface area contributed by atoms with Crippen LogP contribution in [0.4, 0.5) is 0 Å². The van der Waals surface area contributed by atoms with E-state index >= 15 is 0 Å². The van der Waals surface area contributed by atoms with Gasteiger partial charge in [0.05, 0.1) is 5.54 Å². The van der Waals surface area contributed by atoms with Gasteiger partial charge in [0.1, 0.15) is 0 Å². The fourth-order valence-corrected chi connectivity index (χ4v) is 3.52. The van der Waals surface area contributed by atoms with Gasteiger partial charge in [0.15, 0.2) is 0 Å². The van der Waals surface area contributed by atoms with E-state index in [4.69, 9.17) is 5.73 Å². The van der Waals surface area contributed by atoms with Crippen molar-refractivity contribution in [2.24, 2.45) is 11.7 Å². The Morgan fingerprint density at radius 3 is 2.67 bits per heavy atom. The van der Waals surface area contributed by atoms with Crippen molar-refractivity contribution in [3.8, 4) is 0 Å². The van der Waals surface area contributed by atoms with Crippen LogP contribution >= 0.6 is 0 Å². The lowest BCUT2D eigenvalue weighted by molar-refractivity contribution is -0.138. The second-order valence-electron chi connectivity index (χ2n) is 6.68. The molecule has 1 heterocycles. The molecule has 0 spiro atoms. The summed E-state index contributed by atoms with van der Waals surface area (Å²) in [6.45, 7) is 4.24. The van der Waals surface area contributed by atoms with Crippen molar-refractivity contribution in [3.05, 3.63) is 0 Å². The number of hydrogen-bond acceptors (Lipinski definition) is 3. The highest BCUT2D eigenvalue weighted by atomic mass is 16.2. The van der Waals surface area contributed by atoms with E-state index in [2.05, 4.69) is 5.32 Å². The van der Waals surface area contributed by atoms with E-state index in [9.17, 15) is 9.59 Å². The lowest BCUT2D eigenvalue weighted by Crippen LogP contribution is -2.56. The molecule has 1 saturated heterocycles. The second kappa shape index (κ2) is 7.25. The smallest absolute Gasteiger partial charge is 0.242 e. The summed E-state index contributed by atoms with van der Waals surface area (Å²) in [4.78, 5) is 26.1. The van der Waals surface area contributed by atoms with Crippen LogP contribution in [0.15, 0.2) is 0 Å². The van der Waals surface area contributed by atoms with Crippen molar-refractivity contribution >= 4 is 11.8 Å². The van der Waals surface area contributed by atoms with Gasteiger partial charge in [-0.25, -0.2) is 0 Å². The Labute approximate surface area is 127 Å². The Hall–Kier alpha value is -1.10. The second-order valence-corrected chi connectivity index (χ2v) is 6.68. The van der Waals surface area contributed by atoms with Gasteiger partial charge < -0.3 is 16.0 Å². The summed E-state index contributed by atoms with van der Waals surface area (Å²) in [6.07, 6.45) is 7.31. The number of piperidine rings is 1. The maximum atomic E-state index is 12.6. The van der Waals surface area contributed by atoms with E-state index < -0.39 is 5.54 Å². The van der Waals surface area contributed by atoms with Gasteiger partial charge in [0, 0.05) is 26.1 Å². The quantitative estimate of drug-likeness (QED) is 0.805. The summed E-state index contributed by atoms with van der Waals surface area (Å²) in [5, 5.41) is 2.98. The molecule has 3 N–H and O–H groups in total. The normalized spacial score (nSPS) is 24.9. The third-order valence-electron chi connectivity index (χ3n) is 4.79. The molecular formula is C16H29N3O2. The lowest BCUT2D eigenvalue weighted by atomic mass is 9.92. The van der Waals surface area contributed by atoms with Crippen LogP contribution in [0.5, 0.6) is 0 Å². The van der Waals surface area contributed by atoms with E-state index in [0.717, 1.165) is 58.0 Å². The molecule has 120 valence electrons. The average molecular weight is 295 g/mol. The molecule has 1 aliphatic heterocycles. The molecule has 0 radical (unpaired) electrons. The molecule has 5 nitrogen and oxygen atoms in total. The third-order valence-corrected chi connectivity index (χ3v) is 4.79. The summed E-state index contributed by atoms with van der Waals surface area (Å²) in [6, 6.07) is 0. The van der Waals surface area contributed by atoms with E-state index in [1.54, 1.807) is 0 Å². The predicted molar refractivity (Wildman–Crippen MR) is 82.6 cm³/mol. The number of amides is 2. The Morgan fingerprint density at radius 2 is 2.00 bits per heavy atom. The molecule has 1 unspecified atom stereocenters. The number of nitrogens with one attached hydrogen (secondary N) is 1. The molecule has 2 amide bonds. The molecule has 1 atom stereocenters. The van der Waals surface area contributed by atoms with E-state index in [1.165, 1.54) is 0 Å². The maximum Gasteiger partial charge on any atom is 0.242 e. The Balaban J connectivity index is 1.83. The number of hydrogen-bond donors (Lipinski definition) is 2. The molecule has 1 aliphatic carbocycles. The molecule has 0 aromatic rings. The van der Waals surface area contributed by atoms with Crippen LogP contribution in [0.25, 0.3) is 0 Å². The number of rotatable bonds is 5. The summed E-state index contributed by atoms with van der Waals surface area (Å²) >= 11 is 0. The molecule has 0 bridgehead atoms. The Morgan fingerprint density at radius 1 is 1.29 bits per heavy atom. The number of likely N-dealkylation sites (tertiary alicyclic amines) is 1. The number of carbonyl (C=O) groups is 2. The molecule has 2 fully saturated rings. The number of nitrogens with two attached hydrogens (primary N) is 1. The molecular weight excluding hydrogens is 266 g/mol. The SMILES string of the molecule is CCCC(=O)NCC1CCCN(C(=O)C2(N)CCCC2)C1. The van der Waals surface area contributed by atoms with E-state index in [-0.39, 0.29) is 11.8 Å². The van der Waals surface area contributed by atoms with E-state index in [1.807, 2.05) is 11.8 Å². The first-order chi connectivity index (χ1) is 10.0. The molecule has 1 saturated carbocycles. The van der Waals surface area contributed by atoms with E-state index in [0.29, 0.717) is 18.9 Å². The van der Waals surface area contributed by atoms with Gasteiger partial charge in [-0.05, 0) is 38.0 Å². The van der Waals surface area contributed by atoms with Crippen molar-refractivity contribution in [1.82, 2.24) is 10.2 Å². The molecule has 2 aliphatic rings. The van der Waals surface area contributed by atoms with Gasteiger partial charge in [-0.3, -0.25) is 9.59 Å². The van der Waals surface area contributed by atoms with Crippen LogP contribution in [0, 0.1) is 5.92 Å². The summed E-state index contributed by atoms with van der Waals surface area (Å²) in [7, 11) is 0. The van der Waals surface area contributed by atoms with Gasteiger partial charge in [-0.15, -0.1) is 0 Å². The van der Waals surface area contributed by atoms with Crippen molar-refractivity contribution in [3.63, 3.8) is 0 Å². The van der Waals surface area contributed by atoms with Crippen LogP contribution in [0.1, 0.15) is 58.3 Å². The Bertz CT molecular complexity index is 378. The predicted octanol–water partition coefficient (Wildman–Crippen LogP) is 1.41. The van der Waals surface area contributed by atoms with Crippen molar-refractivity contribution in [2.45, 2.75) is 63.8 Å². The lowest BCUT2D eigenvalue weighted by Gasteiger charge is -2.37. The van der Waals surface area contributed by atoms with Gasteiger partial charge >= 0.3 is 0 Å². The fraction of sp³-hybridized carbons (Fsp3) is 0.875. The topological polar surface area (TPSA) is 75.4 Å². The minimum Gasteiger partial charge on any atom is -0.356 e. The van der Waals surface area contributed by atoms with Crippen molar-refractivity contribution < 1.29 is 9.59 Å². The zero-order valence-corrected chi connectivity index (χ0v) is 13.2. The average Bonchev–Trinajstić information content (AvgIpc) is 2.93. The highest BCUT2D eigenvalue weighted by Gasteiger charge is 2.40. The van der Waals surface area contributed by atoms with Gasteiger partial charge in [-0.2, -0.15) is 0 Å².